The summed E-state index contributed by atoms with van der Waals surface area (Å²) in [7, 11) is -3.72. The van der Waals surface area contributed by atoms with Crippen LogP contribution in [0.2, 0.25) is 0 Å². The van der Waals surface area contributed by atoms with Crippen molar-refractivity contribution in [2.24, 2.45) is 0 Å². The third-order valence-corrected chi connectivity index (χ3v) is 6.84. The summed E-state index contributed by atoms with van der Waals surface area (Å²) in [5.74, 6) is -0.682. The van der Waals surface area contributed by atoms with Crippen LogP contribution in [0.1, 0.15) is 38.3 Å². The third kappa shape index (κ3) is 7.60. The number of para-hydroxylation sites is 1. The maximum absolute atomic E-state index is 13.4. The number of anilines is 1. The maximum atomic E-state index is 13.4. The number of hydrogen-bond donors (Lipinski definition) is 1. The molecule has 0 saturated carbocycles. The normalized spacial score (nSPS) is 13.1. The summed E-state index contributed by atoms with van der Waals surface area (Å²) in [4.78, 5) is 27.8. The van der Waals surface area contributed by atoms with Crippen LogP contribution in [0.3, 0.4) is 0 Å². The van der Waals surface area contributed by atoms with E-state index >= 15 is 0 Å². The quantitative estimate of drug-likeness (QED) is 0.543. The van der Waals surface area contributed by atoms with Crippen molar-refractivity contribution in [1.82, 2.24) is 10.2 Å². The van der Waals surface area contributed by atoms with Gasteiger partial charge in [-0.25, -0.2) is 8.42 Å². The van der Waals surface area contributed by atoms with Gasteiger partial charge in [0.1, 0.15) is 12.6 Å². The van der Waals surface area contributed by atoms with Crippen LogP contribution in [0.5, 0.6) is 0 Å². The monoisotopic (exact) mass is 473 g/mol. The summed E-state index contributed by atoms with van der Waals surface area (Å²) in [5, 5.41) is 2.92. The summed E-state index contributed by atoms with van der Waals surface area (Å²) >= 11 is 0. The molecule has 0 radical (unpaired) electrons. The first kappa shape index (κ1) is 26.4. The Labute approximate surface area is 197 Å². The lowest BCUT2D eigenvalue weighted by Crippen LogP contribution is -2.53. The van der Waals surface area contributed by atoms with Gasteiger partial charge in [0, 0.05) is 12.6 Å². The van der Waals surface area contributed by atoms with Crippen LogP contribution in [0, 0.1) is 6.92 Å². The fourth-order valence-corrected chi connectivity index (χ4v) is 4.38. The molecule has 0 heterocycles. The van der Waals surface area contributed by atoms with Crippen LogP contribution >= 0.6 is 0 Å². The third-order valence-electron chi connectivity index (χ3n) is 5.72. The first-order valence-corrected chi connectivity index (χ1v) is 13.1. The molecule has 0 unspecified atom stereocenters. The summed E-state index contributed by atoms with van der Waals surface area (Å²) < 4.78 is 26.3. The van der Waals surface area contributed by atoms with Crippen LogP contribution < -0.4 is 9.62 Å². The van der Waals surface area contributed by atoms with Crippen molar-refractivity contribution in [3.63, 3.8) is 0 Å². The van der Waals surface area contributed by atoms with E-state index in [2.05, 4.69) is 5.32 Å². The molecule has 2 aromatic carbocycles. The molecule has 180 valence electrons. The number of hydrogen-bond acceptors (Lipinski definition) is 4. The van der Waals surface area contributed by atoms with Crippen molar-refractivity contribution in [2.75, 3.05) is 23.7 Å². The van der Waals surface area contributed by atoms with Gasteiger partial charge in [-0.15, -0.1) is 0 Å². The molecule has 0 aromatic heterocycles. The molecule has 7 nitrogen and oxygen atoms in total. The first-order valence-electron chi connectivity index (χ1n) is 11.2. The number of benzene rings is 2. The van der Waals surface area contributed by atoms with Crippen LogP contribution in [0.15, 0.2) is 54.6 Å². The molecule has 0 fully saturated rings. The van der Waals surface area contributed by atoms with Gasteiger partial charge in [0.2, 0.25) is 21.8 Å². The van der Waals surface area contributed by atoms with E-state index in [0.29, 0.717) is 18.7 Å². The number of aryl methyl sites for hydroxylation is 1. The second-order valence-electron chi connectivity index (χ2n) is 8.37. The SMILES string of the molecule is CC[C@@H](C)NC(=O)[C@H](C)N(CCc1ccccc1)C(=O)CN(c1ccccc1C)S(C)(=O)=O. The molecule has 1 N–H and O–H groups in total. The summed E-state index contributed by atoms with van der Waals surface area (Å²) in [6, 6.07) is 15.9. The highest BCUT2D eigenvalue weighted by molar-refractivity contribution is 7.92. The molecule has 8 heteroatoms. The van der Waals surface area contributed by atoms with E-state index in [1.54, 1.807) is 32.0 Å². The van der Waals surface area contributed by atoms with E-state index < -0.39 is 22.0 Å². The zero-order chi connectivity index (χ0) is 24.6. The highest BCUT2D eigenvalue weighted by atomic mass is 32.2. The molecule has 2 atom stereocenters. The van der Waals surface area contributed by atoms with Crippen molar-refractivity contribution >= 4 is 27.5 Å². The highest BCUT2D eigenvalue weighted by Gasteiger charge is 2.30. The number of amides is 2. The van der Waals surface area contributed by atoms with Gasteiger partial charge < -0.3 is 10.2 Å². The van der Waals surface area contributed by atoms with Gasteiger partial charge in [0.15, 0.2) is 0 Å². The van der Waals surface area contributed by atoms with Gasteiger partial charge in [0.05, 0.1) is 11.9 Å². The predicted octanol–water partition coefficient (Wildman–Crippen LogP) is 3.14. The summed E-state index contributed by atoms with van der Waals surface area (Å²) in [6.45, 7) is 7.28. The van der Waals surface area contributed by atoms with Crippen molar-refractivity contribution in [3.8, 4) is 0 Å². The van der Waals surface area contributed by atoms with Crippen molar-refractivity contribution in [3.05, 3.63) is 65.7 Å². The van der Waals surface area contributed by atoms with Crippen molar-refractivity contribution in [1.29, 1.82) is 0 Å². The minimum atomic E-state index is -3.72. The van der Waals surface area contributed by atoms with Gasteiger partial charge >= 0.3 is 0 Å². The zero-order valence-electron chi connectivity index (χ0n) is 20.1. The second kappa shape index (κ2) is 11.8. The maximum Gasteiger partial charge on any atom is 0.244 e. The highest BCUT2D eigenvalue weighted by Crippen LogP contribution is 2.22. The van der Waals surface area contributed by atoms with Gasteiger partial charge in [-0.05, 0) is 50.8 Å². The molecule has 0 aliphatic rings. The second-order valence-corrected chi connectivity index (χ2v) is 10.3. The van der Waals surface area contributed by atoms with E-state index in [-0.39, 0.29) is 18.5 Å². The van der Waals surface area contributed by atoms with E-state index in [1.165, 1.54) is 4.90 Å². The van der Waals surface area contributed by atoms with E-state index in [9.17, 15) is 18.0 Å². The van der Waals surface area contributed by atoms with Gasteiger partial charge in [-0.3, -0.25) is 13.9 Å². The Morgan fingerprint density at radius 1 is 1.00 bits per heavy atom. The largest absolute Gasteiger partial charge is 0.352 e. The average molecular weight is 474 g/mol. The molecular weight excluding hydrogens is 438 g/mol. The number of carbonyl (C=O) groups excluding carboxylic acids is 2. The topological polar surface area (TPSA) is 86.8 Å². The lowest BCUT2D eigenvalue weighted by Gasteiger charge is -2.32. The molecule has 2 aromatic rings. The van der Waals surface area contributed by atoms with Gasteiger partial charge in [-0.2, -0.15) is 0 Å². The molecule has 0 spiro atoms. The smallest absolute Gasteiger partial charge is 0.244 e. The molecule has 33 heavy (non-hydrogen) atoms. The number of nitrogens with one attached hydrogen (secondary N) is 1. The van der Waals surface area contributed by atoms with E-state index in [4.69, 9.17) is 0 Å². The number of sulfonamides is 1. The molecule has 0 saturated heterocycles. The van der Waals surface area contributed by atoms with Crippen molar-refractivity contribution in [2.45, 2.75) is 52.6 Å². The van der Waals surface area contributed by atoms with Gasteiger partial charge in [-0.1, -0.05) is 55.5 Å². The van der Waals surface area contributed by atoms with E-state index in [0.717, 1.165) is 28.1 Å². The lowest BCUT2D eigenvalue weighted by atomic mass is 10.1. The summed E-state index contributed by atoms with van der Waals surface area (Å²) in [6.07, 6.45) is 2.41. The molecule has 0 bridgehead atoms. The van der Waals surface area contributed by atoms with E-state index in [1.807, 2.05) is 50.2 Å². The Kier molecular flexibility index (Phi) is 9.46. The summed E-state index contributed by atoms with van der Waals surface area (Å²) in [5.41, 5.74) is 2.23. The Morgan fingerprint density at radius 2 is 1.61 bits per heavy atom. The van der Waals surface area contributed by atoms with Crippen LogP contribution in [0.25, 0.3) is 0 Å². The average Bonchev–Trinajstić information content (AvgIpc) is 2.77. The molecule has 2 amide bonds. The molecule has 0 aliphatic heterocycles. The number of nitrogens with zero attached hydrogens (tertiary/aromatic N) is 2. The number of rotatable bonds is 11. The first-order chi connectivity index (χ1) is 15.5. The van der Waals surface area contributed by atoms with Gasteiger partial charge in [0.25, 0.3) is 0 Å². The fraction of sp³-hybridized carbons (Fsp3) is 0.440. The Hall–Kier alpha value is -2.87. The molecule has 2 rings (SSSR count). The van der Waals surface area contributed by atoms with Crippen LogP contribution in [-0.4, -0.2) is 56.6 Å². The predicted molar refractivity (Wildman–Crippen MR) is 133 cm³/mol. The van der Waals surface area contributed by atoms with Crippen LogP contribution in [-0.2, 0) is 26.0 Å². The van der Waals surface area contributed by atoms with Crippen LogP contribution in [0.4, 0.5) is 5.69 Å². The molecular formula is C25H35N3O4S. The zero-order valence-corrected chi connectivity index (χ0v) is 20.9. The Morgan fingerprint density at radius 3 is 2.18 bits per heavy atom. The minimum absolute atomic E-state index is 0.0227. The Bertz CT molecular complexity index is 1040. The fourth-order valence-electron chi connectivity index (χ4n) is 3.47. The molecule has 0 aliphatic carbocycles. The number of carbonyl (C=O) groups is 2. The minimum Gasteiger partial charge on any atom is -0.352 e. The standard InChI is InChI=1S/C25H35N3O4S/c1-6-20(3)26-25(30)21(4)27(17-16-22-13-8-7-9-14-22)24(29)18-28(33(5,31)32)23-15-11-10-12-19(23)2/h7-15,20-21H,6,16-18H2,1-5H3,(H,26,30)/t20-,21+/m1/s1. The Balaban J connectivity index is 2.31. The lowest BCUT2D eigenvalue weighted by molar-refractivity contribution is -0.139. The van der Waals surface area contributed by atoms with Crippen molar-refractivity contribution < 1.29 is 18.0 Å².